The first-order valence-electron chi connectivity index (χ1n) is 15.1. The molecule has 0 amide bonds. The van der Waals surface area contributed by atoms with Crippen LogP contribution in [0.5, 0.6) is 0 Å². The molecule has 6 nitrogen and oxygen atoms in total. The van der Waals surface area contributed by atoms with Crippen molar-refractivity contribution in [2.24, 2.45) is 17.8 Å². The number of ether oxygens (including phenoxy) is 4. The Morgan fingerprint density at radius 3 is 2.50 bits per heavy atom. The average molecular weight is 547 g/mol. The summed E-state index contributed by atoms with van der Waals surface area (Å²) < 4.78 is 51.6. The zero-order chi connectivity index (χ0) is 26.4. The third-order valence-corrected chi connectivity index (χ3v) is 11.2. The second-order valence-corrected chi connectivity index (χ2v) is 13.9. The lowest BCUT2D eigenvalue weighted by molar-refractivity contribution is -0.179. The Balaban J connectivity index is 1.31. The van der Waals surface area contributed by atoms with E-state index in [0.29, 0.717) is 29.6 Å². The molecule has 4 aliphatic rings. The van der Waals surface area contributed by atoms with Crippen molar-refractivity contribution in [3.8, 4) is 0 Å². The van der Waals surface area contributed by atoms with Crippen LogP contribution in [0.2, 0.25) is 0 Å². The van der Waals surface area contributed by atoms with Gasteiger partial charge in [0.2, 0.25) is 0 Å². The number of fused-ring (bicyclic) bond motifs is 1. The monoisotopic (exact) mass is 546 g/mol. The molecular formula is C31H46O6S. The molecule has 7 heteroatoms. The van der Waals surface area contributed by atoms with Crippen LogP contribution in [0.1, 0.15) is 84.0 Å². The fourth-order valence-electron chi connectivity index (χ4n) is 6.97. The van der Waals surface area contributed by atoms with Gasteiger partial charge in [0.25, 0.3) is 0 Å². The molecule has 38 heavy (non-hydrogen) atoms. The molecule has 0 radical (unpaired) electrons. The van der Waals surface area contributed by atoms with Gasteiger partial charge in [0, 0.05) is 25.6 Å². The van der Waals surface area contributed by atoms with Crippen LogP contribution in [0, 0.1) is 17.8 Å². The predicted octanol–water partition coefficient (Wildman–Crippen LogP) is 6.45. The van der Waals surface area contributed by atoms with E-state index >= 15 is 0 Å². The minimum absolute atomic E-state index is 0.0114. The lowest BCUT2D eigenvalue weighted by Crippen LogP contribution is -2.29. The quantitative estimate of drug-likeness (QED) is 0.222. The largest absolute Gasteiger partial charge is 0.353 e. The molecule has 2 aliphatic heterocycles. The van der Waals surface area contributed by atoms with E-state index in [1.807, 2.05) is 18.2 Å². The fourth-order valence-corrected chi connectivity index (χ4v) is 8.87. The topological polar surface area (TPSA) is 71.1 Å². The molecule has 8 atom stereocenters. The van der Waals surface area contributed by atoms with Crippen molar-refractivity contribution in [2.45, 2.75) is 119 Å². The molecule has 0 aromatic heterocycles. The summed E-state index contributed by atoms with van der Waals surface area (Å²) in [6, 6.07) is 8.96. The molecule has 1 aromatic carbocycles. The van der Waals surface area contributed by atoms with Gasteiger partial charge in [-0.25, -0.2) is 8.42 Å². The van der Waals surface area contributed by atoms with Gasteiger partial charge in [-0.2, -0.15) is 0 Å². The molecule has 0 bridgehead atoms. The molecule has 3 unspecified atom stereocenters. The molecule has 0 N–H and O–H groups in total. The summed E-state index contributed by atoms with van der Waals surface area (Å²) in [6.07, 6.45) is 16.3. The van der Waals surface area contributed by atoms with Gasteiger partial charge in [-0.15, -0.1) is 0 Å². The summed E-state index contributed by atoms with van der Waals surface area (Å²) in [4.78, 5) is 0.445. The maximum Gasteiger partial charge on any atom is 0.181 e. The van der Waals surface area contributed by atoms with Crippen molar-refractivity contribution < 1.29 is 27.4 Å². The standard InChI is InChI=1S/C31H46O6S/c1-2-3-5-11-24(36-30-14-8-9-18-34-30)16-17-27-28-22-26(38(32,33)25-12-6-4-7-13-25)20-23(28)21-29(27)37-31-15-10-19-35-31/h4,6-7,12-13,16-17,23-24,26-31H,2-3,5,8-11,14-15,18-22H2,1H3/t23-,24+,26?,27-,28+,29-,30?,31?/m1/s1. The van der Waals surface area contributed by atoms with Crippen LogP contribution in [0.3, 0.4) is 0 Å². The predicted molar refractivity (Wildman–Crippen MR) is 147 cm³/mol. The van der Waals surface area contributed by atoms with Gasteiger partial charge in [0.05, 0.1) is 22.4 Å². The number of benzene rings is 1. The number of sulfone groups is 1. The van der Waals surface area contributed by atoms with Crippen molar-refractivity contribution >= 4 is 9.84 Å². The Hall–Kier alpha value is -1.25. The first kappa shape index (κ1) is 28.3. The maximum atomic E-state index is 13.5. The van der Waals surface area contributed by atoms with Crippen LogP contribution >= 0.6 is 0 Å². The van der Waals surface area contributed by atoms with Crippen LogP contribution in [-0.4, -0.2) is 51.7 Å². The molecule has 5 rings (SSSR count). The molecule has 212 valence electrons. The second-order valence-electron chi connectivity index (χ2n) is 11.7. The highest BCUT2D eigenvalue weighted by Gasteiger charge is 2.51. The van der Waals surface area contributed by atoms with Gasteiger partial charge >= 0.3 is 0 Å². The van der Waals surface area contributed by atoms with Gasteiger partial charge in [0.15, 0.2) is 22.4 Å². The van der Waals surface area contributed by atoms with Crippen molar-refractivity contribution in [3.63, 3.8) is 0 Å². The third-order valence-electron chi connectivity index (χ3n) is 8.99. The van der Waals surface area contributed by atoms with E-state index in [1.165, 1.54) is 12.8 Å². The highest BCUT2D eigenvalue weighted by molar-refractivity contribution is 7.92. The van der Waals surface area contributed by atoms with E-state index < -0.39 is 9.84 Å². The minimum Gasteiger partial charge on any atom is -0.353 e. The van der Waals surface area contributed by atoms with Crippen molar-refractivity contribution in [3.05, 3.63) is 42.5 Å². The fraction of sp³-hybridized carbons (Fsp3) is 0.742. The highest BCUT2D eigenvalue weighted by Crippen LogP contribution is 2.52. The Labute approximate surface area is 229 Å². The average Bonchev–Trinajstić information content (AvgIpc) is 3.66. The molecule has 2 saturated heterocycles. The van der Waals surface area contributed by atoms with E-state index in [1.54, 1.807) is 12.1 Å². The number of rotatable bonds is 12. The smallest absolute Gasteiger partial charge is 0.181 e. The molecule has 2 heterocycles. The molecule has 2 saturated carbocycles. The van der Waals surface area contributed by atoms with E-state index in [4.69, 9.17) is 18.9 Å². The number of hydrogen-bond donors (Lipinski definition) is 0. The number of hydrogen-bond acceptors (Lipinski definition) is 6. The van der Waals surface area contributed by atoms with Gasteiger partial charge in [-0.05, 0) is 75.3 Å². The Bertz CT molecular complexity index is 983. The Kier molecular flexibility index (Phi) is 9.98. The summed E-state index contributed by atoms with van der Waals surface area (Å²) >= 11 is 0. The van der Waals surface area contributed by atoms with Crippen molar-refractivity contribution in [2.75, 3.05) is 13.2 Å². The van der Waals surface area contributed by atoms with E-state index in [-0.39, 0.29) is 36.0 Å². The van der Waals surface area contributed by atoms with Gasteiger partial charge in [0.1, 0.15) is 0 Å². The van der Waals surface area contributed by atoms with Crippen LogP contribution in [0.25, 0.3) is 0 Å². The molecule has 0 spiro atoms. The lowest BCUT2D eigenvalue weighted by atomic mass is 9.90. The highest BCUT2D eigenvalue weighted by atomic mass is 32.2. The third kappa shape index (κ3) is 6.90. The first-order valence-corrected chi connectivity index (χ1v) is 16.6. The summed E-state index contributed by atoms with van der Waals surface area (Å²) in [5.41, 5.74) is 0. The van der Waals surface area contributed by atoms with Crippen LogP contribution in [-0.2, 0) is 28.8 Å². The lowest BCUT2D eigenvalue weighted by Gasteiger charge is -2.28. The van der Waals surface area contributed by atoms with E-state index in [9.17, 15) is 8.42 Å². The first-order chi connectivity index (χ1) is 18.5. The molecule has 1 aromatic rings. The van der Waals surface area contributed by atoms with Crippen molar-refractivity contribution in [1.29, 1.82) is 0 Å². The Morgan fingerprint density at radius 1 is 0.974 bits per heavy atom. The van der Waals surface area contributed by atoms with Gasteiger partial charge < -0.3 is 18.9 Å². The van der Waals surface area contributed by atoms with Gasteiger partial charge in [-0.1, -0.05) is 56.5 Å². The number of unbranched alkanes of at least 4 members (excludes halogenated alkanes) is 2. The van der Waals surface area contributed by atoms with Crippen LogP contribution in [0.4, 0.5) is 0 Å². The summed E-state index contributed by atoms with van der Waals surface area (Å²) in [5, 5.41) is -0.327. The molecule has 4 fully saturated rings. The van der Waals surface area contributed by atoms with Crippen LogP contribution in [0.15, 0.2) is 47.4 Å². The van der Waals surface area contributed by atoms with E-state index in [0.717, 1.165) is 64.6 Å². The zero-order valence-electron chi connectivity index (χ0n) is 22.9. The Morgan fingerprint density at radius 2 is 1.76 bits per heavy atom. The van der Waals surface area contributed by atoms with Gasteiger partial charge in [-0.3, -0.25) is 0 Å². The second kappa shape index (κ2) is 13.4. The SMILES string of the molecule is CCCCC[C@@H](C=C[C@@H]1[C@H]2CC(S(=O)(=O)c3ccccc3)C[C@@H]2C[C@H]1OC1CCCO1)OC1CCCCO1. The van der Waals surface area contributed by atoms with Crippen molar-refractivity contribution in [1.82, 2.24) is 0 Å². The summed E-state index contributed by atoms with van der Waals surface area (Å²) in [5.74, 6) is 0.814. The molecule has 2 aliphatic carbocycles. The summed E-state index contributed by atoms with van der Waals surface area (Å²) in [7, 11) is -3.34. The zero-order valence-corrected chi connectivity index (χ0v) is 23.7. The normalized spacial score (nSPS) is 34.6. The van der Waals surface area contributed by atoms with Crippen LogP contribution < -0.4 is 0 Å². The molecular weight excluding hydrogens is 500 g/mol. The summed E-state index contributed by atoms with van der Waals surface area (Å²) in [6.45, 7) is 3.76. The maximum absolute atomic E-state index is 13.5. The van der Waals surface area contributed by atoms with E-state index in [2.05, 4.69) is 19.1 Å². The minimum atomic E-state index is -3.34.